The fraction of sp³-hybridized carbons (Fsp3) is 0.476. The molecule has 2 aromatic heterocycles. The number of methoxy groups -OCH3 is 1. The predicted molar refractivity (Wildman–Crippen MR) is 206 cm³/mol. The number of fused-ring (bicyclic) bond motifs is 6. The Labute approximate surface area is 325 Å². The fourth-order valence-electron chi connectivity index (χ4n) is 8.89. The number of hydrogen-bond donors (Lipinski definition) is 4. The van der Waals surface area contributed by atoms with Crippen LogP contribution < -0.4 is 15.4 Å². The van der Waals surface area contributed by atoms with E-state index in [0.717, 1.165) is 114 Å². The van der Waals surface area contributed by atoms with E-state index in [1.165, 1.54) is 12.7 Å². The van der Waals surface area contributed by atoms with Gasteiger partial charge in [0.1, 0.15) is 30.0 Å². The molecule has 3 aliphatic heterocycles. The van der Waals surface area contributed by atoms with Gasteiger partial charge in [0.2, 0.25) is 17.7 Å². The van der Waals surface area contributed by atoms with Crippen LogP contribution in [0.1, 0.15) is 92.9 Å². The molecule has 14 nitrogen and oxygen atoms in total. The van der Waals surface area contributed by atoms with Crippen LogP contribution in [0.2, 0.25) is 0 Å². The first-order valence-corrected chi connectivity index (χ1v) is 20.0. The highest BCUT2D eigenvalue weighted by Gasteiger charge is 2.38. The second-order valence-corrected chi connectivity index (χ2v) is 16.1. The van der Waals surface area contributed by atoms with E-state index in [2.05, 4.69) is 50.9 Å². The van der Waals surface area contributed by atoms with Crippen LogP contribution in [0.3, 0.4) is 0 Å². The second-order valence-electron chi connectivity index (χ2n) is 16.1. The van der Waals surface area contributed by atoms with Crippen LogP contribution in [0.4, 0.5) is 4.79 Å². The van der Waals surface area contributed by atoms with Crippen molar-refractivity contribution < 1.29 is 28.7 Å². The Bertz CT molecular complexity index is 2220. The van der Waals surface area contributed by atoms with Gasteiger partial charge in [-0.3, -0.25) is 14.4 Å². The summed E-state index contributed by atoms with van der Waals surface area (Å²) < 4.78 is 11.2. The molecule has 2 aliphatic carbocycles. The van der Waals surface area contributed by atoms with Gasteiger partial charge in [0.15, 0.2) is 0 Å². The zero-order valence-electron chi connectivity index (χ0n) is 32.1. The third kappa shape index (κ3) is 6.58. The van der Waals surface area contributed by atoms with Gasteiger partial charge in [-0.15, -0.1) is 0 Å². The first-order valence-electron chi connectivity index (χ1n) is 20.0. The van der Waals surface area contributed by atoms with Crippen LogP contribution >= 0.6 is 0 Å². The average Bonchev–Trinajstić information content (AvgIpc) is 3.63. The number of likely N-dealkylation sites (tertiary alicyclic amines) is 2. The minimum atomic E-state index is -0.691. The Kier molecular flexibility index (Phi) is 9.29. The van der Waals surface area contributed by atoms with Crippen LogP contribution in [-0.2, 0) is 38.6 Å². The largest absolute Gasteiger partial charge is 0.488 e. The van der Waals surface area contributed by atoms with Gasteiger partial charge in [-0.05, 0) is 97.7 Å². The van der Waals surface area contributed by atoms with Crippen molar-refractivity contribution in [3.8, 4) is 39.4 Å². The molecule has 5 heterocycles. The van der Waals surface area contributed by atoms with Crippen molar-refractivity contribution in [2.45, 2.75) is 89.9 Å². The molecule has 9 rings (SSSR count). The van der Waals surface area contributed by atoms with Gasteiger partial charge in [0, 0.05) is 30.1 Å². The van der Waals surface area contributed by atoms with Crippen LogP contribution in [0.5, 0.6) is 5.75 Å². The normalized spacial score (nSPS) is 20.1. The van der Waals surface area contributed by atoms with Crippen LogP contribution in [0.15, 0.2) is 36.5 Å². The number of nitrogens with one attached hydrogen (secondary N) is 4. The number of carbonyl (C=O) groups is 4. The number of hydrogen-bond acceptors (Lipinski definition) is 8. The smallest absolute Gasteiger partial charge is 0.407 e. The number of H-pyrrole nitrogens is 2. The Morgan fingerprint density at radius 2 is 1.70 bits per heavy atom. The predicted octanol–water partition coefficient (Wildman–Crippen LogP) is 5.36. The Morgan fingerprint density at radius 1 is 0.911 bits per heavy atom. The van der Waals surface area contributed by atoms with E-state index in [9.17, 15) is 19.2 Å². The summed E-state index contributed by atoms with van der Waals surface area (Å²) in [6, 6.07) is 9.73. The molecule has 292 valence electrons. The molecule has 0 radical (unpaired) electrons. The summed E-state index contributed by atoms with van der Waals surface area (Å²) in [7, 11) is 1.29. The monoisotopic (exact) mass is 760 g/mol. The molecule has 14 heteroatoms. The number of imidazole rings is 2. The summed E-state index contributed by atoms with van der Waals surface area (Å²) in [6.45, 7) is 5.51. The lowest BCUT2D eigenvalue weighted by Gasteiger charge is -2.30. The standard InChI is InChI=1S/C42H48N8O6/c1-22(2)36(48-42(54)55-3)41(53)50-15-5-6-32(50)38-43-19-31(46-38)25-10-12-27-26(16-25)21-56-34-18-28-24(17-29(27)34)11-13-30-37(28)47-39(45-30)33-7-4-14-49(33)35(51)20-44-40(52)23-8-9-23/h10,12,16-19,22-23,32-33,36H,4-9,11,13-15,20-21H2,1-3H3,(H,43,46)(H,44,52)(H,45,47)(H,48,54)/t32-,33-,36-/m0/s1. The van der Waals surface area contributed by atoms with Gasteiger partial charge in [-0.2, -0.15) is 0 Å². The summed E-state index contributed by atoms with van der Waals surface area (Å²) >= 11 is 0. The number of amides is 4. The highest BCUT2D eigenvalue weighted by molar-refractivity contribution is 5.88. The number of nitrogens with zero attached hydrogens (tertiary/aromatic N) is 4. The molecule has 4 N–H and O–H groups in total. The third-order valence-electron chi connectivity index (χ3n) is 12.1. The number of rotatable bonds is 9. The molecule has 3 atom stereocenters. The Balaban J connectivity index is 0.919. The van der Waals surface area contributed by atoms with E-state index >= 15 is 0 Å². The number of benzene rings is 2. The molecular weight excluding hydrogens is 713 g/mol. The number of aromatic amines is 2. The summed E-state index contributed by atoms with van der Waals surface area (Å²) in [5, 5.41) is 5.54. The molecule has 4 amide bonds. The highest BCUT2D eigenvalue weighted by atomic mass is 16.5. The molecule has 2 aromatic carbocycles. The maximum absolute atomic E-state index is 13.6. The number of carbonyl (C=O) groups excluding carboxylic acids is 4. The van der Waals surface area contributed by atoms with Crippen LogP contribution in [0, 0.1) is 11.8 Å². The van der Waals surface area contributed by atoms with E-state index in [-0.39, 0.29) is 48.2 Å². The lowest BCUT2D eigenvalue weighted by Crippen LogP contribution is -2.51. The topological polar surface area (TPSA) is 175 Å². The summed E-state index contributed by atoms with van der Waals surface area (Å²) in [4.78, 5) is 71.5. The molecule has 56 heavy (non-hydrogen) atoms. The van der Waals surface area contributed by atoms with E-state index in [1.807, 2.05) is 29.8 Å². The zero-order chi connectivity index (χ0) is 38.7. The summed E-state index contributed by atoms with van der Waals surface area (Å²) in [5.41, 5.74) is 9.43. The molecule has 1 saturated carbocycles. The number of alkyl carbamates (subject to hydrolysis) is 1. The van der Waals surface area contributed by atoms with E-state index < -0.39 is 12.1 Å². The maximum atomic E-state index is 13.6. The number of aryl methyl sites for hydroxylation is 2. The minimum absolute atomic E-state index is 0.0183. The Morgan fingerprint density at radius 3 is 2.46 bits per heavy atom. The van der Waals surface area contributed by atoms with Gasteiger partial charge in [-0.1, -0.05) is 26.0 Å². The zero-order valence-corrected chi connectivity index (χ0v) is 32.1. The SMILES string of the molecule is COC(=O)N[C@H](C(=O)N1CCC[C@H]1c1ncc(-c2ccc3c(c2)COc2cc4c(cc2-3)CCc2nc([C@@H]3CCCN3C(=O)CNC(=O)C3CC3)[nH]c2-4)[nH]1)C(C)C. The molecular formula is C42H48N8O6. The van der Waals surface area contributed by atoms with Crippen molar-refractivity contribution in [1.82, 2.24) is 40.4 Å². The first kappa shape index (κ1) is 36.0. The van der Waals surface area contributed by atoms with Crippen molar-refractivity contribution in [2.75, 3.05) is 26.7 Å². The molecule has 3 fully saturated rings. The molecule has 0 unspecified atom stereocenters. The molecule has 2 saturated heterocycles. The van der Waals surface area contributed by atoms with Gasteiger partial charge >= 0.3 is 6.09 Å². The van der Waals surface area contributed by atoms with Crippen molar-refractivity contribution in [1.29, 1.82) is 0 Å². The fourth-order valence-corrected chi connectivity index (χ4v) is 8.89. The average molecular weight is 761 g/mol. The first-order chi connectivity index (χ1) is 27.2. The lowest BCUT2D eigenvalue weighted by molar-refractivity contribution is -0.135. The van der Waals surface area contributed by atoms with Crippen molar-refractivity contribution in [3.05, 3.63) is 65.0 Å². The van der Waals surface area contributed by atoms with Gasteiger partial charge in [0.05, 0.1) is 49.0 Å². The van der Waals surface area contributed by atoms with Crippen molar-refractivity contribution in [2.24, 2.45) is 11.8 Å². The lowest BCUT2D eigenvalue weighted by atomic mass is 9.86. The quantitative estimate of drug-likeness (QED) is 0.177. The van der Waals surface area contributed by atoms with Gasteiger partial charge in [-0.25, -0.2) is 14.8 Å². The second kappa shape index (κ2) is 14.4. The van der Waals surface area contributed by atoms with Crippen LogP contribution in [0.25, 0.3) is 33.6 Å². The van der Waals surface area contributed by atoms with Crippen molar-refractivity contribution >= 4 is 23.8 Å². The highest BCUT2D eigenvalue weighted by Crippen LogP contribution is 2.45. The molecule has 5 aliphatic rings. The van der Waals surface area contributed by atoms with Gasteiger partial charge in [0.25, 0.3) is 0 Å². The maximum Gasteiger partial charge on any atom is 0.407 e. The summed E-state index contributed by atoms with van der Waals surface area (Å²) in [5.74, 6) is 2.11. The van der Waals surface area contributed by atoms with Crippen molar-refractivity contribution in [3.63, 3.8) is 0 Å². The molecule has 0 bridgehead atoms. The Hall–Kier alpha value is -5.66. The molecule has 4 aromatic rings. The number of aromatic nitrogens is 4. The number of ether oxygens (including phenoxy) is 2. The van der Waals surface area contributed by atoms with Crippen LogP contribution in [-0.4, -0.2) is 86.3 Å². The van der Waals surface area contributed by atoms with E-state index in [0.29, 0.717) is 19.7 Å². The van der Waals surface area contributed by atoms with E-state index in [1.54, 1.807) is 0 Å². The minimum Gasteiger partial charge on any atom is -0.488 e. The summed E-state index contributed by atoms with van der Waals surface area (Å²) in [6.07, 6.45) is 8.03. The van der Waals surface area contributed by atoms with Gasteiger partial charge < -0.3 is 39.9 Å². The van der Waals surface area contributed by atoms with E-state index in [4.69, 9.17) is 19.4 Å². The third-order valence-corrected chi connectivity index (χ3v) is 12.1. The molecule has 0 spiro atoms.